The van der Waals surface area contributed by atoms with E-state index in [1.54, 1.807) is 0 Å². The number of hydrogen-bond acceptors (Lipinski definition) is 2. The highest BCUT2D eigenvalue weighted by Crippen LogP contribution is 2.50. The molecule has 0 N–H and O–H groups in total. The van der Waals surface area contributed by atoms with Crippen molar-refractivity contribution >= 4 is 88.9 Å². The summed E-state index contributed by atoms with van der Waals surface area (Å²) < 4.78 is 12.2. The first-order chi connectivity index (χ1) is 34.2. The molecule has 9 aromatic carbocycles. The van der Waals surface area contributed by atoms with Gasteiger partial charge in [0.05, 0.1) is 33.2 Å². The topological polar surface area (TPSA) is 47.7 Å². The van der Waals surface area contributed by atoms with Crippen LogP contribution in [-0.2, 0) is 0 Å². The SMILES string of the molecule is C=C(N=C(N=Cc1ccccc1)c1ccccc1)C1=CC(c2ccccc2)=C(n2c3ccccc3c3c4oc5c(ccc6c7ccccc7n(-c7ccccc7)c65)c4ccc32)C(c2ccccc2)C1. The molecule has 12 aromatic rings. The molecule has 0 bridgehead atoms. The van der Waals surface area contributed by atoms with E-state index in [9.17, 15) is 0 Å². The van der Waals surface area contributed by atoms with Gasteiger partial charge in [0.1, 0.15) is 5.58 Å². The Morgan fingerprint density at radius 3 is 1.84 bits per heavy atom. The predicted octanol–water partition coefficient (Wildman–Crippen LogP) is 16.4. The molecule has 5 nitrogen and oxygen atoms in total. The number of amidine groups is 1. The molecular formula is C64H44N4O. The zero-order chi connectivity index (χ0) is 45.8. The zero-order valence-electron chi connectivity index (χ0n) is 37.7. The molecule has 13 rings (SSSR count). The number of fused-ring (bicyclic) bond motifs is 11. The van der Waals surface area contributed by atoms with E-state index in [0.29, 0.717) is 18.0 Å². The van der Waals surface area contributed by atoms with Gasteiger partial charge in [-0.1, -0.05) is 189 Å². The zero-order valence-corrected chi connectivity index (χ0v) is 37.7. The summed E-state index contributed by atoms with van der Waals surface area (Å²) in [5.41, 5.74) is 15.5. The van der Waals surface area contributed by atoms with Gasteiger partial charge in [0.25, 0.3) is 0 Å². The van der Waals surface area contributed by atoms with Crippen molar-refractivity contribution < 1.29 is 4.42 Å². The van der Waals surface area contributed by atoms with Gasteiger partial charge in [-0.2, -0.15) is 0 Å². The second-order valence-corrected chi connectivity index (χ2v) is 17.7. The maximum absolute atomic E-state index is 7.37. The van der Waals surface area contributed by atoms with Crippen molar-refractivity contribution in [2.45, 2.75) is 12.3 Å². The highest BCUT2D eigenvalue weighted by atomic mass is 16.3. The van der Waals surface area contributed by atoms with Crippen LogP contribution < -0.4 is 0 Å². The summed E-state index contributed by atoms with van der Waals surface area (Å²) in [6, 6.07) is 79.1. The van der Waals surface area contributed by atoms with Gasteiger partial charge in [-0.05, 0) is 77.2 Å². The maximum atomic E-state index is 7.37. The van der Waals surface area contributed by atoms with Crippen molar-refractivity contribution in [1.29, 1.82) is 0 Å². The number of allylic oxidation sites excluding steroid dienone is 4. The van der Waals surface area contributed by atoms with Crippen molar-refractivity contribution in [3.63, 3.8) is 0 Å². The van der Waals surface area contributed by atoms with Crippen LogP contribution in [-0.4, -0.2) is 21.2 Å². The number of furan rings is 1. The molecule has 0 spiro atoms. The molecule has 1 atom stereocenters. The quantitative estimate of drug-likeness (QED) is 0.111. The highest BCUT2D eigenvalue weighted by molar-refractivity contribution is 6.28. The number of aromatic nitrogens is 2. The standard InChI is InChI=1S/C64H44N4O/c1-42(66-64(46-27-13-5-14-28-46)65-41-43-21-7-2-8-22-43)47-39-54(44-23-9-3-10-24-44)60(55(40-47)45-25-11-4-12-26-45)68-57-34-20-18-32-53(57)59-58(68)38-37-51-52-36-35-50-49-31-17-19-33-56(49)67(48-29-15-6-16-30-48)61(50)63(52)69-62(51)59/h2-39,41,55H,1,40H2. The monoisotopic (exact) mass is 884 g/mol. The van der Waals surface area contributed by atoms with Gasteiger partial charge < -0.3 is 13.6 Å². The largest absolute Gasteiger partial charge is 0.453 e. The Balaban J connectivity index is 1.07. The van der Waals surface area contributed by atoms with Gasteiger partial charge in [0.2, 0.25) is 0 Å². The highest BCUT2D eigenvalue weighted by Gasteiger charge is 2.32. The molecule has 326 valence electrons. The van der Waals surface area contributed by atoms with E-state index < -0.39 is 0 Å². The van der Waals surface area contributed by atoms with Crippen molar-refractivity contribution in [2.24, 2.45) is 9.98 Å². The molecule has 0 saturated carbocycles. The maximum Gasteiger partial charge on any atom is 0.160 e. The number of para-hydroxylation sites is 3. The fourth-order valence-electron chi connectivity index (χ4n) is 10.6. The van der Waals surface area contributed by atoms with Crippen molar-refractivity contribution in [3.8, 4) is 5.69 Å². The normalized spacial score (nSPS) is 14.6. The van der Waals surface area contributed by atoms with Gasteiger partial charge >= 0.3 is 0 Å². The van der Waals surface area contributed by atoms with E-state index in [2.05, 4.69) is 198 Å². The third-order valence-electron chi connectivity index (χ3n) is 13.7. The Bertz CT molecular complexity index is 4080. The summed E-state index contributed by atoms with van der Waals surface area (Å²) in [7, 11) is 0. The first-order valence-corrected chi connectivity index (χ1v) is 23.5. The van der Waals surface area contributed by atoms with Crippen molar-refractivity contribution in [1.82, 2.24) is 9.13 Å². The Morgan fingerprint density at radius 1 is 0.522 bits per heavy atom. The van der Waals surface area contributed by atoms with Crippen LogP contribution in [0.5, 0.6) is 0 Å². The van der Waals surface area contributed by atoms with E-state index in [4.69, 9.17) is 14.4 Å². The van der Waals surface area contributed by atoms with E-state index in [1.165, 1.54) is 16.6 Å². The van der Waals surface area contributed by atoms with Gasteiger partial charge in [-0.15, -0.1) is 0 Å². The predicted molar refractivity (Wildman–Crippen MR) is 289 cm³/mol. The molecule has 0 amide bonds. The van der Waals surface area contributed by atoms with Gasteiger partial charge in [0, 0.05) is 61.6 Å². The first kappa shape index (κ1) is 40.2. The molecule has 1 aliphatic carbocycles. The Hall–Kier alpha value is -9.06. The number of rotatable bonds is 8. The van der Waals surface area contributed by atoms with Crippen molar-refractivity contribution in [2.75, 3.05) is 0 Å². The fourth-order valence-corrected chi connectivity index (χ4v) is 10.6. The van der Waals surface area contributed by atoms with Crippen molar-refractivity contribution in [3.05, 3.63) is 271 Å². The lowest BCUT2D eigenvalue weighted by molar-refractivity contribution is 0.675. The molecular weight excluding hydrogens is 841 g/mol. The second-order valence-electron chi connectivity index (χ2n) is 17.7. The third kappa shape index (κ3) is 6.78. The minimum absolute atomic E-state index is 0.0760. The van der Waals surface area contributed by atoms with Crippen LogP contribution in [0.1, 0.15) is 34.6 Å². The molecule has 1 aliphatic rings. The fraction of sp³-hybridized carbons (Fsp3) is 0.0312. The smallest absolute Gasteiger partial charge is 0.160 e. The lowest BCUT2D eigenvalue weighted by Crippen LogP contribution is -2.16. The molecule has 69 heavy (non-hydrogen) atoms. The number of benzene rings is 9. The Kier molecular flexibility index (Phi) is 9.72. The summed E-state index contributed by atoms with van der Waals surface area (Å²) in [6.07, 6.45) is 4.87. The lowest BCUT2D eigenvalue weighted by Gasteiger charge is -2.31. The van der Waals surface area contributed by atoms with Gasteiger partial charge in [-0.25, -0.2) is 9.98 Å². The number of hydrogen-bond donors (Lipinski definition) is 0. The molecule has 0 radical (unpaired) electrons. The van der Waals surface area contributed by atoms with Crippen LogP contribution in [0.25, 0.3) is 82.5 Å². The van der Waals surface area contributed by atoms with Crippen LogP contribution in [0.2, 0.25) is 0 Å². The summed E-state index contributed by atoms with van der Waals surface area (Å²) in [6.45, 7) is 4.69. The average Bonchev–Trinajstić information content (AvgIpc) is 4.08. The molecule has 0 fully saturated rings. The minimum Gasteiger partial charge on any atom is -0.453 e. The summed E-state index contributed by atoms with van der Waals surface area (Å²) in [5.74, 6) is 0.532. The van der Waals surface area contributed by atoms with Crippen LogP contribution in [0, 0.1) is 0 Å². The van der Waals surface area contributed by atoms with E-state index in [0.717, 1.165) is 93.7 Å². The molecule has 1 unspecified atom stereocenters. The molecule has 0 aliphatic heterocycles. The van der Waals surface area contributed by atoms with Crippen LogP contribution in [0.4, 0.5) is 0 Å². The molecule has 5 heteroatoms. The van der Waals surface area contributed by atoms with E-state index in [1.807, 2.05) is 54.7 Å². The van der Waals surface area contributed by atoms with E-state index in [-0.39, 0.29) is 5.92 Å². The van der Waals surface area contributed by atoms with Gasteiger partial charge in [0.15, 0.2) is 11.4 Å². The molecule has 3 heterocycles. The van der Waals surface area contributed by atoms with Crippen LogP contribution >= 0.6 is 0 Å². The average molecular weight is 885 g/mol. The minimum atomic E-state index is -0.0760. The third-order valence-corrected chi connectivity index (χ3v) is 13.7. The van der Waals surface area contributed by atoms with Crippen LogP contribution in [0.3, 0.4) is 0 Å². The summed E-state index contributed by atoms with van der Waals surface area (Å²) >= 11 is 0. The Morgan fingerprint density at radius 2 is 1.10 bits per heavy atom. The molecule has 3 aromatic heterocycles. The lowest BCUT2D eigenvalue weighted by atomic mass is 9.79. The molecule has 0 saturated heterocycles. The number of aliphatic imine (C=N–C) groups is 2. The van der Waals surface area contributed by atoms with Gasteiger partial charge in [-0.3, -0.25) is 0 Å². The van der Waals surface area contributed by atoms with E-state index >= 15 is 0 Å². The first-order valence-electron chi connectivity index (χ1n) is 23.5. The van der Waals surface area contributed by atoms with Crippen LogP contribution in [0.15, 0.2) is 263 Å². The summed E-state index contributed by atoms with van der Waals surface area (Å²) in [4.78, 5) is 10.2. The number of nitrogens with zero attached hydrogens (tertiary/aromatic N) is 4. The second kappa shape index (κ2) is 16.7. The Labute approximate surface area is 399 Å². The summed E-state index contributed by atoms with van der Waals surface area (Å²) in [5, 5.41) is 6.77.